The van der Waals surface area contributed by atoms with Crippen molar-refractivity contribution >= 4 is 5.97 Å². The quantitative estimate of drug-likeness (QED) is 0.534. The van der Waals surface area contributed by atoms with Gasteiger partial charge in [-0.25, -0.2) is 0 Å². The van der Waals surface area contributed by atoms with Crippen LogP contribution in [0.5, 0.6) is 0 Å². The van der Waals surface area contributed by atoms with E-state index in [9.17, 15) is 9.70 Å². The molecule has 0 bridgehead atoms. The van der Waals surface area contributed by atoms with Crippen LogP contribution in [0.1, 0.15) is 47.5 Å². The maximum absolute atomic E-state index is 11.5. The van der Waals surface area contributed by atoms with Crippen LogP contribution in [0.4, 0.5) is 0 Å². The molecule has 0 radical (unpaired) electrons. The van der Waals surface area contributed by atoms with Crippen molar-refractivity contribution in [1.82, 2.24) is 0 Å². The van der Waals surface area contributed by atoms with E-state index in [-0.39, 0.29) is 12.6 Å². The lowest BCUT2D eigenvalue weighted by molar-refractivity contribution is -0.151. The lowest BCUT2D eigenvalue weighted by Gasteiger charge is -2.16. The molecule has 0 aliphatic rings. The third kappa shape index (κ3) is 4.55. The average molecular weight is 227 g/mol. The summed E-state index contributed by atoms with van der Waals surface area (Å²) >= 11 is 0. The van der Waals surface area contributed by atoms with Crippen LogP contribution in [-0.2, 0) is 9.53 Å². The highest BCUT2D eigenvalue weighted by atomic mass is 16.5. The minimum absolute atomic E-state index is 0.0172. The molecule has 0 rings (SSSR count). The molecule has 16 heavy (non-hydrogen) atoms. The van der Waals surface area contributed by atoms with Crippen molar-refractivity contribution in [2.24, 2.45) is 10.6 Å². The Bertz CT molecular complexity index is 281. The lowest BCUT2D eigenvalue weighted by Crippen LogP contribution is -2.23. The fourth-order valence-electron chi connectivity index (χ4n) is 1.20. The van der Waals surface area contributed by atoms with E-state index < -0.39 is 5.41 Å². The molecule has 0 heterocycles. The summed E-state index contributed by atoms with van der Waals surface area (Å²) in [5, 5.41) is 2.94. The Morgan fingerprint density at radius 2 is 1.69 bits per heavy atom. The third-order valence-electron chi connectivity index (χ3n) is 2.32. The van der Waals surface area contributed by atoms with E-state index in [0.29, 0.717) is 5.70 Å². The van der Waals surface area contributed by atoms with Crippen molar-refractivity contribution in [2.75, 3.05) is 6.61 Å². The van der Waals surface area contributed by atoms with Crippen molar-refractivity contribution < 1.29 is 9.53 Å². The first kappa shape index (κ1) is 14.8. The van der Waals surface area contributed by atoms with Crippen LogP contribution in [0.2, 0.25) is 0 Å². The molecule has 0 saturated carbocycles. The molecule has 0 aliphatic heterocycles. The van der Waals surface area contributed by atoms with Crippen molar-refractivity contribution in [3.05, 3.63) is 16.2 Å². The van der Waals surface area contributed by atoms with Crippen LogP contribution in [0.15, 0.2) is 16.4 Å². The fraction of sp³-hybridized carbons (Fsp3) is 0.750. The first-order valence-corrected chi connectivity index (χ1v) is 5.58. The van der Waals surface area contributed by atoms with Gasteiger partial charge in [-0.3, -0.25) is 4.79 Å². The van der Waals surface area contributed by atoms with Gasteiger partial charge >= 0.3 is 5.97 Å². The molecule has 0 N–H and O–H groups in total. The molecule has 0 aromatic carbocycles. The Morgan fingerprint density at radius 3 is 2.00 bits per heavy atom. The molecule has 0 amide bonds. The number of allylic oxidation sites excluding steroid dienone is 1. The SMILES string of the molecule is CCC(CC)=C(COC(=O)C(C)(C)C)N=O. The van der Waals surface area contributed by atoms with E-state index in [4.69, 9.17) is 4.74 Å². The maximum Gasteiger partial charge on any atom is 0.311 e. The number of nitroso groups, excluding NO2 is 1. The Hall–Kier alpha value is -1.19. The van der Waals surface area contributed by atoms with Gasteiger partial charge in [0.1, 0.15) is 12.3 Å². The van der Waals surface area contributed by atoms with Crippen LogP contribution in [-0.4, -0.2) is 12.6 Å². The second-order valence-corrected chi connectivity index (χ2v) is 4.67. The lowest BCUT2D eigenvalue weighted by atomic mass is 9.97. The predicted octanol–water partition coefficient (Wildman–Crippen LogP) is 3.42. The first-order chi connectivity index (χ1) is 7.36. The van der Waals surface area contributed by atoms with Gasteiger partial charge in [0.2, 0.25) is 0 Å². The number of esters is 1. The van der Waals surface area contributed by atoms with E-state index in [1.807, 2.05) is 13.8 Å². The van der Waals surface area contributed by atoms with Crippen LogP contribution in [0, 0.1) is 10.3 Å². The number of nitrogens with zero attached hydrogens (tertiary/aromatic N) is 1. The van der Waals surface area contributed by atoms with Gasteiger partial charge in [-0.15, -0.1) is 4.91 Å². The van der Waals surface area contributed by atoms with Gasteiger partial charge in [-0.05, 0) is 44.4 Å². The summed E-state index contributed by atoms with van der Waals surface area (Å²) in [5.74, 6) is -0.319. The molecule has 92 valence electrons. The van der Waals surface area contributed by atoms with Gasteiger partial charge in [-0.1, -0.05) is 13.8 Å². The van der Waals surface area contributed by atoms with E-state index in [2.05, 4.69) is 5.18 Å². The molecule has 0 saturated heterocycles. The van der Waals surface area contributed by atoms with Gasteiger partial charge in [-0.2, -0.15) is 0 Å². The normalized spacial score (nSPS) is 10.8. The number of carbonyl (C=O) groups excluding carboxylic acids is 1. The van der Waals surface area contributed by atoms with E-state index >= 15 is 0 Å². The van der Waals surface area contributed by atoms with E-state index in [1.165, 1.54) is 0 Å². The summed E-state index contributed by atoms with van der Waals surface area (Å²) in [6.45, 7) is 9.20. The second kappa shape index (κ2) is 6.40. The van der Waals surface area contributed by atoms with E-state index in [0.717, 1.165) is 18.4 Å². The molecule has 0 fully saturated rings. The summed E-state index contributed by atoms with van der Waals surface area (Å²) in [6, 6.07) is 0. The van der Waals surface area contributed by atoms with E-state index in [1.54, 1.807) is 20.8 Å². The van der Waals surface area contributed by atoms with Gasteiger partial charge < -0.3 is 4.74 Å². The van der Waals surface area contributed by atoms with Crippen molar-refractivity contribution in [3.63, 3.8) is 0 Å². The molecule has 0 aromatic heterocycles. The highest BCUT2D eigenvalue weighted by Crippen LogP contribution is 2.18. The molecule has 0 aliphatic carbocycles. The zero-order chi connectivity index (χ0) is 12.8. The largest absolute Gasteiger partial charge is 0.459 e. The molecular weight excluding hydrogens is 206 g/mol. The van der Waals surface area contributed by atoms with Crippen molar-refractivity contribution in [2.45, 2.75) is 47.5 Å². The highest BCUT2D eigenvalue weighted by Gasteiger charge is 2.23. The number of carbonyl (C=O) groups is 1. The average Bonchev–Trinajstić information content (AvgIpc) is 2.22. The highest BCUT2D eigenvalue weighted by molar-refractivity contribution is 5.75. The van der Waals surface area contributed by atoms with Gasteiger partial charge in [0.15, 0.2) is 0 Å². The first-order valence-electron chi connectivity index (χ1n) is 5.58. The molecule has 0 atom stereocenters. The molecule has 0 spiro atoms. The summed E-state index contributed by atoms with van der Waals surface area (Å²) in [7, 11) is 0. The predicted molar refractivity (Wildman–Crippen MR) is 63.8 cm³/mol. The zero-order valence-corrected chi connectivity index (χ0v) is 10.8. The minimum atomic E-state index is -0.549. The summed E-state index contributed by atoms with van der Waals surface area (Å²) in [4.78, 5) is 22.1. The second-order valence-electron chi connectivity index (χ2n) is 4.67. The van der Waals surface area contributed by atoms with Crippen molar-refractivity contribution in [1.29, 1.82) is 0 Å². The molecule has 0 unspecified atom stereocenters. The van der Waals surface area contributed by atoms with Gasteiger partial charge in [0.25, 0.3) is 0 Å². The third-order valence-corrected chi connectivity index (χ3v) is 2.32. The molecule has 4 heteroatoms. The van der Waals surface area contributed by atoms with Crippen molar-refractivity contribution in [3.8, 4) is 0 Å². The zero-order valence-electron chi connectivity index (χ0n) is 10.8. The Morgan fingerprint density at radius 1 is 1.19 bits per heavy atom. The van der Waals surface area contributed by atoms with Gasteiger partial charge in [0.05, 0.1) is 5.41 Å². The van der Waals surface area contributed by atoms with Gasteiger partial charge in [0, 0.05) is 0 Å². The number of hydrogen-bond donors (Lipinski definition) is 0. The molecular formula is C12H21NO3. The molecule has 0 aromatic rings. The Kier molecular flexibility index (Phi) is 5.93. The maximum atomic E-state index is 11.5. The summed E-state index contributed by atoms with van der Waals surface area (Å²) < 4.78 is 5.05. The topological polar surface area (TPSA) is 55.7 Å². The monoisotopic (exact) mass is 227 g/mol. The summed E-state index contributed by atoms with van der Waals surface area (Å²) in [5.41, 5.74) is 0.742. The Labute approximate surface area is 97.0 Å². The van der Waals surface area contributed by atoms with Crippen LogP contribution in [0.25, 0.3) is 0 Å². The standard InChI is InChI=1S/C12H21NO3/c1-6-9(7-2)10(13-15)8-16-11(14)12(3,4)5/h6-8H2,1-5H3. The number of ether oxygens (including phenoxy) is 1. The molecule has 4 nitrogen and oxygen atoms in total. The van der Waals surface area contributed by atoms with Crippen LogP contribution < -0.4 is 0 Å². The number of hydrogen-bond acceptors (Lipinski definition) is 4. The smallest absolute Gasteiger partial charge is 0.311 e. The van der Waals surface area contributed by atoms with Crippen LogP contribution in [0.3, 0.4) is 0 Å². The number of rotatable bonds is 5. The summed E-state index contributed by atoms with van der Waals surface area (Å²) in [6.07, 6.45) is 1.51. The fourth-order valence-corrected chi connectivity index (χ4v) is 1.20. The van der Waals surface area contributed by atoms with Crippen LogP contribution >= 0.6 is 0 Å². The Balaban J connectivity index is 4.54. The minimum Gasteiger partial charge on any atom is -0.459 e.